The van der Waals surface area contributed by atoms with Crippen molar-refractivity contribution in [3.63, 3.8) is 0 Å². The van der Waals surface area contributed by atoms with Gasteiger partial charge in [-0.3, -0.25) is 4.18 Å². The van der Waals surface area contributed by atoms with E-state index in [1.54, 1.807) is 30.3 Å². The molecule has 0 aromatic heterocycles. The van der Waals surface area contributed by atoms with Crippen LogP contribution in [0.4, 0.5) is 0 Å². The van der Waals surface area contributed by atoms with Crippen molar-refractivity contribution in [2.45, 2.75) is 89.1 Å². The standard InChI is InChI=1S/C18H30O3S.C16H20N/c1-2-3-4-5-6-7-8-9-10-14-17-21-22(19,20)18-15-12-11-13-16-18;1-17(2,13-15-9-5-3-6-10-15)14-16-11-7-4-8-12-16/h11-13,15-16H,2-10,14,17H2,1H3;3-12H,13-14H2,1-2H3/q;+1. The van der Waals surface area contributed by atoms with Crippen LogP contribution >= 0.6 is 0 Å². The first-order valence-corrected chi connectivity index (χ1v) is 16.1. The van der Waals surface area contributed by atoms with Gasteiger partial charge in [0.2, 0.25) is 0 Å². The summed E-state index contributed by atoms with van der Waals surface area (Å²) < 4.78 is 29.8. The number of rotatable bonds is 17. The second-order valence-corrected chi connectivity index (χ2v) is 12.6. The molecule has 3 aromatic rings. The lowest BCUT2D eigenvalue weighted by Crippen LogP contribution is -2.37. The molecule has 0 amide bonds. The minimum atomic E-state index is -3.57. The van der Waals surface area contributed by atoms with Gasteiger partial charge in [0.05, 0.1) is 25.6 Å². The highest BCUT2D eigenvalue weighted by molar-refractivity contribution is 7.86. The van der Waals surface area contributed by atoms with Gasteiger partial charge in [-0.15, -0.1) is 0 Å². The van der Waals surface area contributed by atoms with Crippen LogP contribution in [-0.4, -0.2) is 33.6 Å². The zero-order chi connectivity index (χ0) is 28.2. The van der Waals surface area contributed by atoms with Gasteiger partial charge in [-0.05, 0) is 18.6 Å². The summed E-state index contributed by atoms with van der Waals surface area (Å²) in [6.45, 7) is 4.65. The summed E-state index contributed by atoms with van der Waals surface area (Å²) >= 11 is 0. The maximum absolute atomic E-state index is 11.9. The smallest absolute Gasteiger partial charge is 0.296 e. The molecule has 0 aliphatic rings. The minimum absolute atomic E-state index is 0.238. The highest BCUT2D eigenvalue weighted by Gasteiger charge is 2.16. The monoisotopic (exact) mass is 552 g/mol. The second kappa shape index (κ2) is 18.8. The van der Waals surface area contributed by atoms with Crippen LogP contribution in [-0.2, 0) is 27.4 Å². The number of benzene rings is 3. The molecule has 0 spiro atoms. The first kappa shape index (κ1) is 32.7. The van der Waals surface area contributed by atoms with Gasteiger partial charge in [0, 0.05) is 11.1 Å². The lowest BCUT2D eigenvalue weighted by molar-refractivity contribution is -0.916. The normalized spacial score (nSPS) is 11.6. The van der Waals surface area contributed by atoms with Crippen molar-refractivity contribution in [2.24, 2.45) is 0 Å². The Morgan fingerprint density at radius 3 is 1.38 bits per heavy atom. The van der Waals surface area contributed by atoms with E-state index in [4.69, 9.17) is 4.18 Å². The summed E-state index contributed by atoms with van der Waals surface area (Å²) in [5, 5.41) is 0. The third kappa shape index (κ3) is 15.0. The molecule has 5 heteroatoms. The molecule has 0 heterocycles. The molecule has 0 fully saturated rings. The topological polar surface area (TPSA) is 43.4 Å². The Morgan fingerprint density at radius 2 is 0.949 bits per heavy atom. The Hall–Kier alpha value is -2.47. The molecular formula is C34H50NO3S+. The van der Waals surface area contributed by atoms with Gasteiger partial charge in [-0.2, -0.15) is 8.42 Å². The molecule has 3 rings (SSSR count). The van der Waals surface area contributed by atoms with Gasteiger partial charge in [-0.25, -0.2) is 0 Å². The van der Waals surface area contributed by atoms with Gasteiger partial charge in [-0.1, -0.05) is 144 Å². The average Bonchev–Trinajstić information content (AvgIpc) is 2.93. The number of hydrogen-bond donors (Lipinski definition) is 0. The molecule has 0 N–H and O–H groups in total. The molecule has 0 bridgehead atoms. The summed E-state index contributed by atoms with van der Waals surface area (Å²) in [7, 11) is 0.985. The summed E-state index contributed by atoms with van der Waals surface area (Å²) in [6, 6.07) is 29.7. The maximum atomic E-state index is 11.9. The van der Waals surface area contributed by atoms with Crippen LogP contribution < -0.4 is 0 Å². The Balaban J connectivity index is 0.000000282. The Labute approximate surface area is 238 Å². The third-order valence-electron chi connectivity index (χ3n) is 6.68. The summed E-state index contributed by atoms with van der Waals surface area (Å²) in [6.07, 6.45) is 12.3. The summed E-state index contributed by atoms with van der Waals surface area (Å²) in [5.74, 6) is 0. The van der Waals surface area contributed by atoms with Crippen LogP contribution in [0, 0.1) is 0 Å². The van der Waals surface area contributed by atoms with Crippen molar-refractivity contribution >= 4 is 10.1 Å². The first-order valence-electron chi connectivity index (χ1n) is 14.7. The van der Waals surface area contributed by atoms with E-state index in [0.717, 1.165) is 30.4 Å². The lowest BCUT2D eigenvalue weighted by Gasteiger charge is -2.30. The van der Waals surface area contributed by atoms with E-state index in [-0.39, 0.29) is 11.5 Å². The number of unbranched alkanes of at least 4 members (excludes halogenated alkanes) is 9. The van der Waals surface area contributed by atoms with E-state index in [0.29, 0.717) is 0 Å². The van der Waals surface area contributed by atoms with Gasteiger partial charge in [0.25, 0.3) is 10.1 Å². The molecule has 0 atom stereocenters. The second-order valence-electron chi connectivity index (χ2n) is 11.0. The molecule has 0 unspecified atom stereocenters. The average molecular weight is 553 g/mol. The van der Waals surface area contributed by atoms with Gasteiger partial charge in [0.15, 0.2) is 0 Å². The fourth-order valence-corrected chi connectivity index (χ4v) is 5.59. The van der Waals surface area contributed by atoms with Crippen LogP contribution in [0.1, 0.15) is 82.3 Å². The predicted octanol–water partition coefficient (Wildman–Crippen LogP) is 8.78. The maximum Gasteiger partial charge on any atom is 0.296 e. The molecule has 0 aliphatic carbocycles. The van der Waals surface area contributed by atoms with E-state index >= 15 is 0 Å². The van der Waals surface area contributed by atoms with Crippen LogP contribution in [0.25, 0.3) is 0 Å². The molecule has 4 nitrogen and oxygen atoms in total. The third-order valence-corrected chi connectivity index (χ3v) is 8.00. The molecule has 0 radical (unpaired) electrons. The zero-order valence-electron chi connectivity index (χ0n) is 24.4. The molecule has 0 saturated heterocycles. The Kier molecular flexibility index (Phi) is 15.7. The molecule has 39 heavy (non-hydrogen) atoms. The van der Waals surface area contributed by atoms with E-state index in [2.05, 4.69) is 81.7 Å². The minimum Gasteiger partial charge on any atom is -0.321 e. The highest BCUT2D eigenvalue weighted by atomic mass is 32.2. The molecule has 3 aromatic carbocycles. The molecule has 0 saturated carbocycles. The molecular weight excluding hydrogens is 502 g/mol. The van der Waals surface area contributed by atoms with Crippen molar-refractivity contribution in [2.75, 3.05) is 20.7 Å². The van der Waals surface area contributed by atoms with E-state index < -0.39 is 10.1 Å². The first-order chi connectivity index (χ1) is 18.8. The summed E-state index contributed by atoms with van der Waals surface area (Å²) in [5.41, 5.74) is 2.79. The van der Waals surface area contributed by atoms with Crippen molar-refractivity contribution in [1.82, 2.24) is 0 Å². The lowest BCUT2D eigenvalue weighted by atomic mass is 10.1. The quantitative estimate of drug-likeness (QED) is 0.0955. The SMILES string of the molecule is CCCCCCCCCCCCOS(=O)(=O)c1ccccc1.C[N+](C)(Cc1ccccc1)Cc1ccccc1. The van der Waals surface area contributed by atoms with Gasteiger partial charge in [0.1, 0.15) is 13.1 Å². The Morgan fingerprint density at radius 1 is 0.564 bits per heavy atom. The van der Waals surface area contributed by atoms with Crippen LogP contribution in [0.5, 0.6) is 0 Å². The number of quaternary nitrogens is 1. The van der Waals surface area contributed by atoms with E-state index in [1.807, 2.05) is 0 Å². The fourth-order valence-electron chi connectivity index (χ4n) is 4.62. The van der Waals surface area contributed by atoms with Crippen molar-refractivity contribution in [3.05, 3.63) is 102 Å². The van der Waals surface area contributed by atoms with Crippen LogP contribution in [0.3, 0.4) is 0 Å². The number of hydrogen-bond acceptors (Lipinski definition) is 3. The van der Waals surface area contributed by atoms with E-state index in [1.165, 1.54) is 62.5 Å². The molecule has 214 valence electrons. The van der Waals surface area contributed by atoms with E-state index in [9.17, 15) is 8.42 Å². The number of nitrogens with zero attached hydrogens (tertiary/aromatic N) is 1. The van der Waals surface area contributed by atoms with Crippen molar-refractivity contribution in [1.29, 1.82) is 0 Å². The van der Waals surface area contributed by atoms with Crippen LogP contribution in [0.2, 0.25) is 0 Å². The van der Waals surface area contributed by atoms with Crippen molar-refractivity contribution < 1.29 is 17.1 Å². The van der Waals surface area contributed by atoms with Gasteiger partial charge >= 0.3 is 0 Å². The fraction of sp³-hybridized carbons (Fsp3) is 0.471. The zero-order valence-corrected chi connectivity index (χ0v) is 25.2. The Bertz CT molecular complexity index is 1060. The summed E-state index contributed by atoms with van der Waals surface area (Å²) in [4.78, 5) is 0.238. The van der Waals surface area contributed by atoms with Gasteiger partial charge < -0.3 is 4.48 Å². The highest BCUT2D eigenvalue weighted by Crippen LogP contribution is 2.15. The largest absolute Gasteiger partial charge is 0.321 e. The van der Waals surface area contributed by atoms with Crippen LogP contribution in [0.15, 0.2) is 95.9 Å². The molecule has 0 aliphatic heterocycles. The van der Waals surface area contributed by atoms with Crippen molar-refractivity contribution in [3.8, 4) is 0 Å². The predicted molar refractivity (Wildman–Crippen MR) is 164 cm³/mol.